The summed E-state index contributed by atoms with van der Waals surface area (Å²) >= 11 is 3.53. The molecule has 2 nitrogen and oxygen atoms in total. The van der Waals surface area contributed by atoms with Crippen molar-refractivity contribution in [3.05, 3.63) is 34.3 Å². The second-order valence-corrected chi connectivity index (χ2v) is 5.94. The van der Waals surface area contributed by atoms with Gasteiger partial charge in [0, 0.05) is 23.6 Å². The fourth-order valence-electron chi connectivity index (χ4n) is 2.78. The number of hydrogen-bond donors (Lipinski definition) is 1. The van der Waals surface area contributed by atoms with Crippen LogP contribution in [-0.2, 0) is 6.54 Å². The first-order valence-electron chi connectivity index (χ1n) is 6.39. The van der Waals surface area contributed by atoms with Gasteiger partial charge in [-0.2, -0.15) is 0 Å². The molecule has 2 N–H and O–H groups in total. The lowest BCUT2D eigenvalue weighted by atomic mass is 9.90. The predicted molar refractivity (Wildman–Crippen MR) is 75.8 cm³/mol. The highest BCUT2D eigenvalue weighted by Crippen LogP contribution is 2.24. The van der Waals surface area contributed by atoms with Crippen LogP contribution in [0, 0.1) is 5.92 Å². The molecule has 1 aromatic carbocycles. The lowest BCUT2D eigenvalue weighted by molar-refractivity contribution is 0.0991. The van der Waals surface area contributed by atoms with E-state index in [1.54, 1.807) is 0 Å². The van der Waals surface area contributed by atoms with Crippen molar-refractivity contribution in [1.29, 1.82) is 0 Å². The molecule has 0 radical (unpaired) electrons. The van der Waals surface area contributed by atoms with Crippen molar-refractivity contribution in [3.63, 3.8) is 0 Å². The van der Waals surface area contributed by atoms with E-state index in [1.165, 1.54) is 24.9 Å². The van der Waals surface area contributed by atoms with Crippen LogP contribution in [0.1, 0.15) is 25.3 Å². The minimum atomic E-state index is 0.544. The second kappa shape index (κ2) is 5.98. The van der Waals surface area contributed by atoms with E-state index >= 15 is 0 Å². The Hall–Kier alpha value is -0.380. The lowest BCUT2D eigenvalue weighted by Gasteiger charge is -2.39. The zero-order valence-electron chi connectivity index (χ0n) is 10.4. The molecule has 94 valence electrons. The molecular weight excluding hydrogens is 276 g/mol. The van der Waals surface area contributed by atoms with Gasteiger partial charge in [0.25, 0.3) is 0 Å². The largest absolute Gasteiger partial charge is 0.329 e. The number of rotatable bonds is 3. The maximum Gasteiger partial charge on any atom is 0.0247 e. The Balaban J connectivity index is 2.06. The van der Waals surface area contributed by atoms with Crippen LogP contribution in [0.15, 0.2) is 28.7 Å². The van der Waals surface area contributed by atoms with Crippen molar-refractivity contribution in [1.82, 2.24) is 4.90 Å². The standard InChI is InChI=1S/C14H21BrN2/c1-11-4-3-7-17(14(11)9-16)10-12-5-2-6-13(15)8-12/h2,5-6,8,11,14H,3-4,7,9-10,16H2,1H3. The van der Waals surface area contributed by atoms with E-state index < -0.39 is 0 Å². The van der Waals surface area contributed by atoms with Gasteiger partial charge in [0.05, 0.1) is 0 Å². The maximum atomic E-state index is 5.92. The maximum absolute atomic E-state index is 5.92. The minimum Gasteiger partial charge on any atom is -0.329 e. The van der Waals surface area contributed by atoms with Crippen molar-refractivity contribution in [2.24, 2.45) is 11.7 Å². The number of piperidine rings is 1. The van der Waals surface area contributed by atoms with Gasteiger partial charge in [0.1, 0.15) is 0 Å². The summed E-state index contributed by atoms with van der Waals surface area (Å²) in [5, 5.41) is 0. The summed E-state index contributed by atoms with van der Waals surface area (Å²) in [4.78, 5) is 2.54. The molecule has 0 aromatic heterocycles. The van der Waals surface area contributed by atoms with Crippen molar-refractivity contribution in [2.75, 3.05) is 13.1 Å². The van der Waals surface area contributed by atoms with E-state index in [0.717, 1.165) is 23.5 Å². The highest BCUT2D eigenvalue weighted by molar-refractivity contribution is 9.10. The van der Waals surface area contributed by atoms with Crippen molar-refractivity contribution >= 4 is 15.9 Å². The minimum absolute atomic E-state index is 0.544. The van der Waals surface area contributed by atoms with Crippen LogP contribution in [0.3, 0.4) is 0 Å². The average molecular weight is 297 g/mol. The van der Waals surface area contributed by atoms with Gasteiger partial charge in [-0.05, 0) is 43.0 Å². The molecule has 2 rings (SSSR count). The predicted octanol–water partition coefficient (Wildman–Crippen LogP) is 3.01. The Morgan fingerprint density at radius 1 is 1.47 bits per heavy atom. The molecule has 17 heavy (non-hydrogen) atoms. The zero-order chi connectivity index (χ0) is 12.3. The number of nitrogens with two attached hydrogens (primary N) is 1. The average Bonchev–Trinajstić information content (AvgIpc) is 2.29. The van der Waals surface area contributed by atoms with Crippen LogP contribution in [0.2, 0.25) is 0 Å². The Bertz CT molecular complexity index is 367. The van der Waals surface area contributed by atoms with E-state index in [-0.39, 0.29) is 0 Å². The smallest absolute Gasteiger partial charge is 0.0247 e. The molecule has 1 heterocycles. The first-order chi connectivity index (χ1) is 8.20. The highest BCUT2D eigenvalue weighted by atomic mass is 79.9. The molecule has 3 heteroatoms. The third-order valence-electron chi connectivity index (χ3n) is 3.75. The third-order valence-corrected chi connectivity index (χ3v) is 4.24. The van der Waals surface area contributed by atoms with Crippen LogP contribution in [0.25, 0.3) is 0 Å². The van der Waals surface area contributed by atoms with Gasteiger partial charge in [-0.15, -0.1) is 0 Å². The van der Waals surface area contributed by atoms with Crippen LogP contribution in [0.4, 0.5) is 0 Å². The van der Waals surface area contributed by atoms with E-state index in [0.29, 0.717) is 6.04 Å². The number of benzene rings is 1. The van der Waals surface area contributed by atoms with Gasteiger partial charge in [-0.1, -0.05) is 35.0 Å². The molecule has 0 aliphatic carbocycles. The first-order valence-corrected chi connectivity index (χ1v) is 7.18. The molecule has 1 saturated heterocycles. The van der Waals surface area contributed by atoms with Gasteiger partial charge >= 0.3 is 0 Å². The molecule has 1 aliphatic heterocycles. The molecule has 0 spiro atoms. The van der Waals surface area contributed by atoms with Crippen LogP contribution >= 0.6 is 15.9 Å². The van der Waals surface area contributed by atoms with Crippen LogP contribution in [0.5, 0.6) is 0 Å². The monoisotopic (exact) mass is 296 g/mol. The molecule has 1 aromatic rings. The molecule has 0 saturated carbocycles. The molecule has 2 atom stereocenters. The highest BCUT2D eigenvalue weighted by Gasteiger charge is 2.27. The number of hydrogen-bond acceptors (Lipinski definition) is 2. The molecule has 2 unspecified atom stereocenters. The Labute approximate surface area is 112 Å². The van der Waals surface area contributed by atoms with Crippen LogP contribution in [-0.4, -0.2) is 24.0 Å². The molecule has 1 aliphatic rings. The molecule has 0 bridgehead atoms. The SMILES string of the molecule is CC1CCCN(Cc2cccc(Br)c2)C1CN. The topological polar surface area (TPSA) is 29.3 Å². The van der Waals surface area contributed by atoms with Gasteiger partial charge in [0.2, 0.25) is 0 Å². The van der Waals surface area contributed by atoms with Gasteiger partial charge in [0.15, 0.2) is 0 Å². The zero-order valence-corrected chi connectivity index (χ0v) is 12.0. The van der Waals surface area contributed by atoms with Crippen molar-refractivity contribution < 1.29 is 0 Å². The molecule has 0 amide bonds. The van der Waals surface area contributed by atoms with Crippen LogP contribution < -0.4 is 5.73 Å². The van der Waals surface area contributed by atoms with E-state index in [4.69, 9.17) is 5.73 Å². The summed E-state index contributed by atoms with van der Waals surface area (Å²) < 4.78 is 1.16. The van der Waals surface area contributed by atoms with Crippen molar-refractivity contribution in [3.8, 4) is 0 Å². The summed E-state index contributed by atoms with van der Waals surface area (Å²) in [6, 6.07) is 9.11. The summed E-state index contributed by atoms with van der Waals surface area (Å²) in [6.07, 6.45) is 2.61. The van der Waals surface area contributed by atoms with Crippen molar-refractivity contribution in [2.45, 2.75) is 32.4 Å². The Kier molecular flexibility index (Phi) is 4.60. The third kappa shape index (κ3) is 3.30. The fraction of sp³-hybridized carbons (Fsp3) is 0.571. The summed E-state index contributed by atoms with van der Waals surface area (Å²) in [5.74, 6) is 0.723. The number of halogens is 1. The molecular formula is C14H21BrN2. The normalized spacial score (nSPS) is 26.1. The lowest BCUT2D eigenvalue weighted by Crippen LogP contribution is -2.47. The van der Waals surface area contributed by atoms with E-state index in [1.807, 2.05) is 0 Å². The summed E-state index contributed by atoms with van der Waals surface area (Å²) in [6.45, 7) is 5.30. The first kappa shape index (κ1) is 13.1. The van der Waals surface area contributed by atoms with E-state index in [9.17, 15) is 0 Å². The number of nitrogens with zero attached hydrogens (tertiary/aromatic N) is 1. The van der Waals surface area contributed by atoms with Gasteiger partial charge < -0.3 is 5.73 Å². The second-order valence-electron chi connectivity index (χ2n) is 5.02. The Morgan fingerprint density at radius 2 is 2.29 bits per heavy atom. The summed E-state index contributed by atoms with van der Waals surface area (Å²) in [7, 11) is 0. The number of likely N-dealkylation sites (tertiary alicyclic amines) is 1. The fourth-order valence-corrected chi connectivity index (χ4v) is 3.23. The van der Waals surface area contributed by atoms with Gasteiger partial charge in [-0.25, -0.2) is 0 Å². The molecule has 1 fully saturated rings. The van der Waals surface area contributed by atoms with Gasteiger partial charge in [-0.3, -0.25) is 4.90 Å². The summed E-state index contributed by atoms with van der Waals surface area (Å²) in [5.41, 5.74) is 7.28. The van der Waals surface area contributed by atoms with E-state index in [2.05, 4.69) is 52.0 Å². The Morgan fingerprint density at radius 3 is 3.00 bits per heavy atom. The quantitative estimate of drug-likeness (QED) is 0.929.